The highest BCUT2D eigenvalue weighted by Crippen LogP contribution is 2.19. The van der Waals surface area contributed by atoms with Gasteiger partial charge in [0.05, 0.1) is 4.47 Å². The third-order valence-electron chi connectivity index (χ3n) is 1.80. The Labute approximate surface area is 89.9 Å². The maximum Gasteiger partial charge on any atom is 0.151 e. The monoisotopic (exact) mass is 260 g/mol. The first-order valence-corrected chi connectivity index (χ1v) is 4.86. The van der Waals surface area contributed by atoms with E-state index in [2.05, 4.69) is 15.9 Å². The summed E-state index contributed by atoms with van der Waals surface area (Å²) < 4.78 is 13.2. The highest BCUT2D eigenvalue weighted by Gasteiger charge is 2.19. The van der Waals surface area contributed by atoms with Gasteiger partial charge >= 0.3 is 0 Å². The van der Waals surface area contributed by atoms with E-state index in [-0.39, 0.29) is 12.2 Å². The van der Waals surface area contributed by atoms with Gasteiger partial charge in [-0.1, -0.05) is 6.07 Å². The largest absolute Gasteiger partial charge is 0.382 e. The first-order valence-electron chi connectivity index (χ1n) is 4.07. The molecule has 1 N–H and O–H groups in total. The smallest absolute Gasteiger partial charge is 0.151 e. The van der Waals surface area contributed by atoms with Gasteiger partial charge in [0.25, 0.3) is 0 Å². The molecule has 14 heavy (non-hydrogen) atoms. The predicted octanol–water partition coefficient (Wildman–Crippen LogP) is 2.08. The van der Waals surface area contributed by atoms with E-state index in [0.717, 1.165) is 0 Å². The zero-order valence-electron chi connectivity index (χ0n) is 7.63. The highest BCUT2D eigenvalue weighted by molar-refractivity contribution is 9.10. The van der Waals surface area contributed by atoms with Crippen LogP contribution in [-0.2, 0) is 11.2 Å². The molecule has 0 aromatic heterocycles. The van der Waals surface area contributed by atoms with Gasteiger partial charge in [-0.25, -0.2) is 4.39 Å². The second-order valence-electron chi connectivity index (χ2n) is 3.40. The molecule has 0 aliphatic heterocycles. The summed E-state index contributed by atoms with van der Waals surface area (Å²) in [6.45, 7) is 1.41. The average Bonchev–Trinajstić information content (AvgIpc) is 2.11. The molecule has 2 nitrogen and oxygen atoms in total. The Balaban J connectivity index is 2.88. The summed E-state index contributed by atoms with van der Waals surface area (Å²) in [5, 5.41) is 9.46. The predicted molar refractivity (Wildman–Crippen MR) is 54.5 cm³/mol. The molecule has 0 saturated heterocycles. The van der Waals surface area contributed by atoms with E-state index in [4.69, 9.17) is 0 Å². The van der Waals surface area contributed by atoms with Gasteiger partial charge in [0.15, 0.2) is 6.29 Å². The molecule has 0 saturated carbocycles. The molecule has 0 spiro atoms. The van der Waals surface area contributed by atoms with Crippen LogP contribution < -0.4 is 0 Å². The average molecular weight is 261 g/mol. The van der Waals surface area contributed by atoms with Crippen molar-refractivity contribution in [3.05, 3.63) is 34.1 Å². The van der Waals surface area contributed by atoms with Crippen molar-refractivity contribution in [2.75, 3.05) is 0 Å². The maximum atomic E-state index is 12.8. The van der Waals surface area contributed by atoms with E-state index in [1.54, 1.807) is 6.07 Å². The van der Waals surface area contributed by atoms with Crippen LogP contribution in [0.5, 0.6) is 0 Å². The third-order valence-corrected chi connectivity index (χ3v) is 2.41. The van der Waals surface area contributed by atoms with Gasteiger partial charge in [0.1, 0.15) is 11.4 Å². The zero-order valence-corrected chi connectivity index (χ0v) is 9.21. The lowest BCUT2D eigenvalue weighted by Gasteiger charge is -2.15. The van der Waals surface area contributed by atoms with Crippen LogP contribution in [0.15, 0.2) is 22.7 Å². The Morgan fingerprint density at radius 3 is 2.79 bits per heavy atom. The third kappa shape index (κ3) is 2.89. The SMILES string of the molecule is CC(O)(C=O)Cc1ccc(F)c(Br)c1. The molecule has 0 bridgehead atoms. The van der Waals surface area contributed by atoms with Crippen LogP contribution in [0, 0.1) is 5.82 Å². The van der Waals surface area contributed by atoms with Gasteiger partial charge < -0.3 is 9.90 Å². The van der Waals surface area contributed by atoms with Crippen molar-refractivity contribution in [1.82, 2.24) is 0 Å². The number of rotatable bonds is 3. The standard InChI is InChI=1S/C10H10BrFO2/c1-10(14,6-13)5-7-2-3-9(12)8(11)4-7/h2-4,6,14H,5H2,1H3. The molecular formula is C10H10BrFO2. The number of hydrogen-bond acceptors (Lipinski definition) is 2. The van der Waals surface area contributed by atoms with Crippen molar-refractivity contribution < 1.29 is 14.3 Å². The van der Waals surface area contributed by atoms with Crippen molar-refractivity contribution >= 4 is 22.2 Å². The lowest BCUT2D eigenvalue weighted by atomic mass is 9.98. The fraction of sp³-hybridized carbons (Fsp3) is 0.300. The molecule has 0 aliphatic rings. The summed E-state index contributed by atoms with van der Waals surface area (Å²) in [6.07, 6.45) is 0.652. The van der Waals surface area contributed by atoms with E-state index in [0.29, 0.717) is 16.3 Å². The minimum Gasteiger partial charge on any atom is -0.382 e. The molecule has 76 valence electrons. The molecule has 0 heterocycles. The number of carbonyl (C=O) groups excluding carboxylic acids is 1. The minimum atomic E-state index is -1.39. The van der Waals surface area contributed by atoms with Gasteiger partial charge in [-0.15, -0.1) is 0 Å². The molecular weight excluding hydrogens is 251 g/mol. The molecule has 1 unspecified atom stereocenters. The molecule has 0 amide bonds. The van der Waals surface area contributed by atoms with Crippen molar-refractivity contribution in [3.8, 4) is 0 Å². The van der Waals surface area contributed by atoms with Crippen LogP contribution in [0.4, 0.5) is 4.39 Å². The van der Waals surface area contributed by atoms with Gasteiger partial charge in [-0.3, -0.25) is 0 Å². The first-order chi connectivity index (χ1) is 6.44. The first kappa shape index (κ1) is 11.3. The number of hydrogen-bond donors (Lipinski definition) is 1. The Hall–Kier alpha value is -0.740. The van der Waals surface area contributed by atoms with Crippen molar-refractivity contribution in [3.63, 3.8) is 0 Å². The van der Waals surface area contributed by atoms with Crippen LogP contribution in [0.3, 0.4) is 0 Å². The van der Waals surface area contributed by atoms with Gasteiger partial charge in [0.2, 0.25) is 0 Å². The fourth-order valence-corrected chi connectivity index (χ4v) is 1.53. The summed E-state index contributed by atoms with van der Waals surface area (Å²) in [7, 11) is 0. The number of benzene rings is 1. The van der Waals surface area contributed by atoms with Crippen LogP contribution in [0.2, 0.25) is 0 Å². The normalized spacial score (nSPS) is 14.9. The van der Waals surface area contributed by atoms with E-state index >= 15 is 0 Å². The Morgan fingerprint density at radius 2 is 2.29 bits per heavy atom. The Kier molecular flexibility index (Phi) is 3.39. The maximum absolute atomic E-state index is 12.8. The summed E-state index contributed by atoms with van der Waals surface area (Å²) in [6, 6.07) is 4.38. The van der Waals surface area contributed by atoms with Gasteiger partial charge in [-0.05, 0) is 40.5 Å². The number of halogens is 2. The van der Waals surface area contributed by atoms with Gasteiger partial charge in [-0.2, -0.15) is 0 Å². The van der Waals surface area contributed by atoms with Crippen LogP contribution in [0.25, 0.3) is 0 Å². The van der Waals surface area contributed by atoms with Crippen LogP contribution >= 0.6 is 15.9 Å². The van der Waals surface area contributed by atoms with Crippen LogP contribution in [-0.4, -0.2) is 17.0 Å². The quantitative estimate of drug-likeness (QED) is 0.846. The Bertz CT molecular complexity index is 350. The van der Waals surface area contributed by atoms with E-state index in [1.165, 1.54) is 19.1 Å². The molecule has 0 aliphatic carbocycles. The summed E-state index contributed by atoms with van der Waals surface area (Å²) in [5.74, 6) is -0.362. The highest BCUT2D eigenvalue weighted by atomic mass is 79.9. The van der Waals surface area contributed by atoms with Crippen molar-refractivity contribution in [2.45, 2.75) is 18.9 Å². The lowest BCUT2D eigenvalue weighted by molar-refractivity contribution is -0.122. The van der Waals surface area contributed by atoms with Crippen molar-refractivity contribution in [1.29, 1.82) is 0 Å². The second kappa shape index (κ2) is 4.19. The van der Waals surface area contributed by atoms with Gasteiger partial charge in [0, 0.05) is 6.42 Å². The molecule has 1 aromatic rings. The zero-order chi connectivity index (χ0) is 10.8. The van der Waals surface area contributed by atoms with E-state index in [9.17, 15) is 14.3 Å². The van der Waals surface area contributed by atoms with Crippen molar-refractivity contribution in [2.24, 2.45) is 0 Å². The molecule has 1 atom stereocenters. The summed E-state index contributed by atoms with van der Waals surface area (Å²) >= 11 is 3.03. The summed E-state index contributed by atoms with van der Waals surface area (Å²) in [5.41, 5.74) is -0.688. The fourth-order valence-electron chi connectivity index (χ4n) is 1.10. The number of carbonyl (C=O) groups is 1. The van der Waals surface area contributed by atoms with E-state index < -0.39 is 5.60 Å². The van der Waals surface area contributed by atoms with E-state index in [1.807, 2.05) is 0 Å². The molecule has 0 radical (unpaired) electrons. The lowest BCUT2D eigenvalue weighted by Crippen LogP contribution is -2.28. The number of aliphatic hydroxyl groups is 1. The topological polar surface area (TPSA) is 37.3 Å². The molecule has 4 heteroatoms. The molecule has 0 fully saturated rings. The summed E-state index contributed by atoms with van der Waals surface area (Å²) in [4.78, 5) is 10.4. The molecule has 1 aromatic carbocycles. The number of aldehydes is 1. The molecule has 1 rings (SSSR count). The minimum absolute atomic E-state index is 0.176. The second-order valence-corrected chi connectivity index (χ2v) is 4.25. The van der Waals surface area contributed by atoms with Crippen LogP contribution in [0.1, 0.15) is 12.5 Å². The Morgan fingerprint density at radius 1 is 1.64 bits per heavy atom.